The largest absolute Gasteiger partial charge is 0.218 e. The topological polar surface area (TPSA) is 34.1 Å². The molecular formula is C12H10O2S. The molecule has 3 heteroatoms. The van der Waals surface area contributed by atoms with Crippen LogP contribution in [0.4, 0.5) is 0 Å². The summed E-state index contributed by atoms with van der Waals surface area (Å²) in [6, 6.07) is 9.60. The lowest BCUT2D eigenvalue weighted by molar-refractivity contribution is 0.626. The summed E-state index contributed by atoms with van der Waals surface area (Å²) in [5, 5.41) is 0. The Balaban J connectivity index is 2.51. The Labute approximate surface area is 90.1 Å². The van der Waals surface area contributed by atoms with E-state index in [2.05, 4.69) is 0 Å². The van der Waals surface area contributed by atoms with Gasteiger partial charge in [0.1, 0.15) is 0 Å². The summed E-state index contributed by atoms with van der Waals surface area (Å²) in [5.41, 5.74) is 0.998. The summed E-state index contributed by atoms with van der Waals surface area (Å²) in [6.07, 6.45) is 7.14. The lowest BCUT2D eigenvalue weighted by atomic mass is 9.92. The molecule has 0 bridgehead atoms. The van der Waals surface area contributed by atoms with Crippen molar-refractivity contribution in [1.29, 1.82) is 0 Å². The van der Waals surface area contributed by atoms with Crippen LogP contribution in [0.2, 0.25) is 0 Å². The maximum Gasteiger partial charge on any atom is 0.218 e. The Bertz CT molecular complexity index is 528. The molecule has 2 rings (SSSR count). The van der Waals surface area contributed by atoms with Crippen molar-refractivity contribution in [3.8, 4) is 0 Å². The molecule has 1 atom stereocenters. The van der Waals surface area contributed by atoms with Crippen LogP contribution in [0.1, 0.15) is 11.5 Å². The minimum absolute atomic E-state index is 0.144. The quantitative estimate of drug-likeness (QED) is 0.675. The number of allylic oxidation sites excluding steroid dienone is 4. The van der Waals surface area contributed by atoms with E-state index in [0.717, 1.165) is 5.56 Å². The summed E-state index contributed by atoms with van der Waals surface area (Å²) >= 11 is 0. The molecule has 0 saturated carbocycles. The van der Waals surface area contributed by atoms with E-state index in [1.54, 1.807) is 12.2 Å². The standard InChI is InChI=1S/C12H10O2S/c13-15(14)12-9-5-4-8-11(12)10-6-2-1-3-7-10/h1-9,11H. The predicted octanol–water partition coefficient (Wildman–Crippen LogP) is 1.95. The van der Waals surface area contributed by atoms with Gasteiger partial charge in [-0.05, 0) is 11.6 Å². The molecular weight excluding hydrogens is 208 g/mol. The first-order chi connectivity index (χ1) is 7.29. The molecule has 15 heavy (non-hydrogen) atoms. The smallest absolute Gasteiger partial charge is 0.184 e. The van der Waals surface area contributed by atoms with Gasteiger partial charge in [0, 0.05) is 5.92 Å². The van der Waals surface area contributed by atoms with Crippen LogP contribution in [-0.2, 0) is 10.3 Å². The molecule has 2 nitrogen and oxygen atoms in total. The lowest BCUT2D eigenvalue weighted by Gasteiger charge is -2.13. The highest BCUT2D eigenvalue weighted by molar-refractivity contribution is 7.73. The second-order valence-electron chi connectivity index (χ2n) is 3.27. The van der Waals surface area contributed by atoms with Gasteiger partial charge in [0.25, 0.3) is 0 Å². The normalized spacial score (nSPS) is 19.2. The van der Waals surface area contributed by atoms with Crippen molar-refractivity contribution in [1.82, 2.24) is 0 Å². The van der Waals surface area contributed by atoms with Crippen LogP contribution in [0.15, 0.2) is 54.6 Å². The van der Waals surface area contributed by atoms with E-state index in [4.69, 9.17) is 0 Å². The van der Waals surface area contributed by atoms with E-state index in [0.29, 0.717) is 4.86 Å². The van der Waals surface area contributed by atoms with Crippen molar-refractivity contribution in [2.75, 3.05) is 0 Å². The summed E-state index contributed by atoms with van der Waals surface area (Å²) in [7, 11) is -2.15. The highest BCUT2D eigenvalue weighted by Crippen LogP contribution is 2.21. The number of benzene rings is 1. The van der Waals surface area contributed by atoms with Gasteiger partial charge in [-0.1, -0.05) is 48.6 Å². The van der Waals surface area contributed by atoms with Crippen molar-refractivity contribution >= 4 is 15.2 Å². The first-order valence-corrected chi connectivity index (χ1v) is 5.72. The molecule has 0 radical (unpaired) electrons. The van der Waals surface area contributed by atoms with Crippen LogP contribution in [-0.4, -0.2) is 13.3 Å². The van der Waals surface area contributed by atoms with Crippen molar-refractivity contribution in [2.45, 2.75) is 5.92 Å². The Morgan fingerprint density at radius 2 is 1.73 bits per heavy atom. The van der Waals surface area contributed by atoms with Gasteiger partial charge < -0.3 is 0 Å². The average molecular weight is 218 g/mol. The van der Waals surface area contributed by atoms with E-state index >= 15 is 0 Å². The van der Waals surface area contributed by atoms with Crippen LogP contribution in [0.3, 0.4) is 0 Å². The average Bonchev–Trinajstić information content (AvgIpc) is 2.30. The van der Waals surface area contributed by atoms with Gasteiger partial charge >= 0.3 is 0 Å². The Morgan fingerprint density at radius 3 is 2.40 bits per heavy atom. The number of hydrogen-bond acceptors (Lipinski definition) is 2. The van der Waals surface area contributed by atoms with Crippen molar-refractivity contribution < 1.29 is 8.42 Å². The zero-order valence-electron chi connectivity index (χ0n) is 8.00. The Morgan fingerprint density at radius 1 is 1.00 bits per heavy atom. The van der Waals surface area contributed by atoms with Crippen LogP contribution < -0.4 is 0 Å². The Hall–Kier alpha value is -1.61. The minimum atomic E-state index is -2.15. The molecule has 0 aliphatic heterocycles. The van der Waals surface area contributed by atoms with Gasteiger partial charge in [-0.15, -0.1) is 0 Å². The second-order valence-corrected chi connectivity index (χ2v) is 4.21. The molecule has 1 aromatic carbocycles. The number of hydrogen-bond donors (Lipinski definition) is 0. The fourth-order valence-electron chi connectivity index (χ4n) is 1.62. The molecule has 1 aliphatic carbocycles. The molecule has 0 amide bonds. The third-order valence-electron chi connectivity index (χ3n) is 2.33. The highest BCUT2D eigenvalue weighted by atomic mass is 32.2. The molecule has 1 aromatic rings. The van der Waals surface area contributed by atoms with E-state index in [1.165, 1.54) is 0 Å². The lowest BCUT2D eigenvalue weighted by Crippen LogP contribution is -2.10. The fourth-order valence-corrected chi connectivity index (χ4v) is 2.23. The highest BCUT2D eigenvalue weighted by Gasteiger charge is 2.15. The van der Waals surface area contributed by atoms with Crippen molar-refractivity contribution in [3.05, 3.63) is 60.2 Å². The molecule has 0 N–H and O–H groups in total. The van der Waals surface area contributed by atoms with Gasteiger partial charge in [0.2, 0.25) is 10.3 Å². The third kappa shape index (κ3) is 2.07. The van der Waals surface area contributed by atoms with E-state index in [1.807, 2.05) is 42.5 Å². The van der Waals surface area contributed by atoms with E-state index in [9.17, 15) is 8.42 Å². The third-order valence-corrected chi connectivity index (χ3v) is 3.11. The fraction of sp³-hybridized carbons (Fsp3) is 0.0833. The molecule has 1 unspecified atom stereocenters. The second kappa shape index (κ2) is 4.28. The zero-order valence-corrected chi connectivity index (χ0v) is 8.81. The van der Waals surface area contributed by atoms with Crippen LogP contribution in [0.5, 0.6) is 0 Å². The van der Waals surface area contributed by atoms with Crippen molar-refractivity contribution in [2.24, 2.45) is 0 Å². The molecule has 0 fully saturated rings. The summed E-state index contributed by atoms with van der Waals surface area (Å²) < 4.78 is 22.0. The van der Waals surface area contributed by atoms with Crippen LogP contribution >= 0.6 is 0 Å². The summed E-state index contributed by atoms with van der Waals surface area (Å²) in [6.45, 7) is 0. The van der Waals surface area contributed by atoms with E-state index in [-0.39, 0.29) is 5.92 Å². The maximum atomic E-state index is 11.0. The minimum Gasteiger partial charge on any atom is -0.184 e. The molecule has 0 aromatic heterocycles. The van der Waals surface area contributed by atoms with Gasteiger partial charge in [-0.2, -0.15) is 8.42 Å². The van der Waals surface area contributed by atoms with Crippen molar-refractivity contribution in [3.63, 3.8) is 0 Å². The van der Waals surface area contributed by atoms with Crippen LogP contribution in [0.25, 0.3) is 0 Å². The zero-order chi connectivity index (χ0) is 10.7. The molecule has 76 valence electrons. The summed E-state index contributed by atoms with van der Waals surface area (Å²) in [4.78, 5) is 0.420. The molecule has 0 saturated heterocycles. The predicted molar refractivity (Wildman–Crippen MR) is 61.4 cm³/mol. The van der Waals surface area contributed by atoms with E-state index < -0.39 is 10.3 Å². The molecule has 0 spiro atoms. The van der Waals surface area contributed by atoms with Crippen LogP contribution in [0, 0.1) is 0 Å². The van der Waals surface area contributed by atoms with Gasteiger partial charge in [-0.25, -0.2) is 0 Å². The molecule has 1 aliphatic rings. The number of rotatable bonds is 1. The maximum absolute atomic E-state index is 11.0. The first-order valence-electron chi connectivity index (χ1n) is 4.65. The summed E-state index contributed by atoms with van der Waals surface area (Å²) in [5.74, 6) is -0.144. The van der Waals surface area contributed by atoms with Gasteiger partial charge in [0.05, 0.1) is 4.86 Å². The Kier molecular flexibility index (Phi) is 2.83. The van der Waals surface area contributed by atoms with Gasteiger partial charge in [-0.3, -0.25) is 0 Å². The molecule has 0 heterocycles. The first kappa shape index (κ1) is 9.93. The monoisotopic (exact) mass is 218 g/mol. The van der Waals surface area contributed by atoms with Gasteiger partial charge in [0.15, 0.2) is 0 Å². The SMILES string of the molecule is O=S(=O)=C1C=CC=CC1c1ccccc1.